The van der Waals surface area contributed by atoms with Crippen molar-refractivity contribution in [2.45, 2.75) is 25.3 Å². The minimum atomic E-state index is -0.159. The number of nitrogens with one attached hydrogen (secondary N) is 1. The Morgan fingerprint density at radius 2 is 2.38 bits per heavy atom. The number of nitriles is 1. The number of hydrogen-bond donors (Lipinski definition) is 1. The minimum absolute atomic E-state index is 0.131. The van der Waals surface area contributed by atoms with Gasteiger partial charge in [-0.25, -0.2) is 0 Å². The van der Waals surface area contributed by atoms with Crippen LogP contribution in [0.25, 0.3) is 0 Å². The summed E-state index contributed by atoms with van der Waals surface area (Å²) in [4.78, 5) is 14.4. The average molecular weight is 393 g/mol. The Bertz CT molecular complexity index is 846. The first-order valence-corrected chi connectivity index (χ1v) is 9.19. The molecule has 2 aromatic rings. The van der Waals surface area contributed by atoms with Gasteiger partial charge in [-0.15, -0.1) is 11.6 Å². The number of benzene rings is 1. The summed E-state index contributed by atoms with van der Waals surface area (Å²) in [5, 5.41) is 16.4. The second kappa shape index (κ2) is 7.98. The average Bonchev–Trinajstić information content (AvgIpc) is 3.20. The van der Waals surface area contributed by atoms with E-state index in [-0.39, 0.29) is 18.6 Å². The molecule has 1 atom stereocenters. The first-order chi connectivity index (χ1) is 12.6. The zero-order chi connectivity index (χ0) is 18.7. The number of aromatic amines is 1. The number of amides is 1. The van der Waals surface area contributed by atoms with Gasteiger partial charge in [0.1, 0.15) is 12.7 Å². The second-order valence-corrected chi connectivity index (χ2v) is 6.85. The Labute approximate surface area is 161 Å². The Morgan fingerprint density at radius 3 is 3.04 bits per heavy atom. The van der Waals surface area contributed by atoms with Crippen molar-refractivity contribution in [3.63, 3.8) is 0 Å². The lowest BCUT2D eigenvalue weighted by Gasteiger charge is -2.34. The molecule has 3 rings (SSSR count). The normalized spacial score (nSPS) is 15.8. The molecule has 1 amide bonds. The SMILES string of the molecule is CN(C(=O)c1cn[nH]c1)C1CCCc2c1cc(C#N)c(OCCCl)c2Cl. The monoisotopic (exact) mass is 392 g/mol. The van der Waals surface area contributed by atoms with Gasteiger partial charge in [0, 0.05) is 13.2 Å². The highest BCUT2D eigenvalue weighted by Crippen LogP contribution is 2.43. The number of rotatable bonds is 5. The molecule has 136 valence electrons. The van der Waals surface area contributed by atoms with Crippen molar-refractivity contribution < 1.29 is 9.53 Å². The molecule has 0 aliphatic heterocycles. The highest BCUT2D eigenvalue weighted by Gasteiger charge is 2.31. The number of ether oxygens (including phenoxy) is 1. The third kappa shape index (κ3) is 3.37. The Kier molecular flexibility index (Phi) is 5.70. The first-order valence-electron chi connectivity index (χ1n) is 8.28. The maximum absolute atomic E-state index is 12.7. The number of aromatic nitrogens is 2. The van der Waals surface area contributed by atoms with E-state index >= 15 is 0 Å². The lowest BCUT2D eigenvalue weighted by atomic mass is 9.85. The third-order valence-electron chi connectivity index (χ3n) is 4.60. The lowest BCUT2D eigenvalue weighted by Crippen LogP contribution is -2.33. The molecule has 8 heteroatoms. The fourth-order valence-electron chi connectivity index (χ4n) is 3.35. The molecule has 0 saturated heterocycles. The molecular formula is C18H18Cl2N4O2. The fourth-order valence-corrected chi connectivity index (χ4v) is 3.79. The molecule has 0 saturated carbocycles. The molecule has 1 aromatic carbocycles. The van der Waals surface area contributed by atoms with Crippen LogP contribution in [0.5, 0.6) is 5.75 Å². The van der Waals surface area contributed by atoms with Crippen LogP contribution in [-0.4, -0.2) is 40.5 Å². The number of alkyl halides is 1. The summed E-state index contributed by atoms with van der Waals surface area (Å²) >= 11 is 12.2. The van der Waals surface area contributed by atoms with Crippen molar-refractivity contribution in [3.8, 4) is 11.8 Å². The molecule has 0 radical (unpaired) electrons. The van der Waals surface area contributed by atoms with Crippen LogP contribution in [0.4, 0.5) is 0 Å². The fraction of sp³-hybridized carbons (Fsp3) is 0.389. The summed E-state index contributed by atoms with van der Waals surface area (Å²) in [6.45, 7) is 0.275. The van der Waals surface area contributed by atoms with E-state index in [0.717, 1.165) is 30.4 Å². The van der Waals surface area contributed by atoms with Crippen molar-refractivity contribution in [1.82, 2.24) is 15.1 Å². The van der Waals surface area contributed by atoms with Gasteiger partial charge in [0.25, 0.3) is 5.91 Å². The van der Waals surface area contributed by atoms with E-state index in [0.29, 0.717) is 27.8 Å². The second-order valence-electron chi connectivity index (χ2n) is 6.10. The summed E-state index contributed by atoms with van der Waals surface area (Å²) in [6, 6.07) is 3.77. The van der Waals surface area contributed by atoms with E-state index < -0.39 is 0 Å². The Balaban J connectivity index is 2.00. The molecule has 1 aliphatic rings. The van der Waals surface area contributed by atoms with Gasteiger partial charge in [-0.2, -0.15) is 10.4 Å². The quantitative estimate of drug-likeness (QED) is 0.786. The molecule has 0 spiro atoms. The molecule has 1 unspecified atom stereocenters. The zero-order valence-corrected chi connectivity index (χ0v) is 15.8. The topological polar surface area (TPSA) is 82.0 Å². The van der Waals surface area contributed by atoms with Gasteiger partial charge >= 0.3 is 0 Å². The largest absolute Gasteiger partial charge is 0.489 e. The van der Waals surface area contributed by atoms with Crippen LogP contribution in [0.1, 0.15) is 45.9 Å². The number of nitrogens with zero attached hydrogens (tertiary/aromatic N) is 3. The standard InChI is InChI=1S/C18H18Cl2N4O2/c1-24(18(25)12-9-22-23-10-12)15-4-2-3-13-14(15)7-11(8-21)17(16(13)20)26-6-5-19/h7,9-10,15H,2-6H2,1H3,(H,22,23). The molecule has 6 nitrogen and oxygen atoms in total. The number of carbonyl (C=O) groups is 1. The van der Waals surface area contributed by atoms with Gasteiger partial charge < -0.3 is 9.64 Å². The Hall–Kier alpha value is -2.23. The summed E-state index contributed by atoms with van der Waals surface area (Å²) < 4.78 is 5.60. The molecule has 1 heterocycles. The van der Waals surface area contributed by atoms with Gasteiger partial charge in [-0.1, -0.05) is 11.6 Å². The van der Waals surface area contributed by atoms with Gasteiger partial charge in [0.05, 0.1) is 34.3 Å². The van der Waals surface area contributed by atoms with Crippen LogP contribution >= 0.6 is 23.2 Å². The van der Waals surface area contributed by atoms with E-state index in [2.05, 4.69) is 16.3 Å². The summed E-state index contributed by atoms with van der Waals surface area (Å²) in [5.74, 6) is 0.551. The molecule has 0 fully saturated rings. The van der Waals surface area contributed by atoms with Crippen LogP contribution in [-0.2, 0) is 6.42 Å². The van der Waals surface area contributed by atoms with Crippen molar-refractivity contribution in [2.75, 3.05) is 19.5 Å². The number of carbonyl (C=O) groups excluding carboxylic acids is 1. The maximum atomic E-state index is 12.7. The number of fused-ring (bicyclic) bond motifs is 1. The van der Waals surface area contributed by atoms with Gasteiger partial charge in [-0.05, 0) is 36.5 Å². The van der Waals surface area contributed by atoms with Crippen LogP contribution in [0.2, 0.25) is 5.02 Å². The van der Waals surface area contributed by atoms with Crippen LogP contribution in [0.3, 0.4) is 0 Å². The highest BCUT2D eigenvalue weighted by molar-refractivity contribution is 6.33. The van der Waals surface area contributed by atoms with Crippen LogP contribution in [0, 0.1) is 11.3 Å². The predicted octanol–water partition coefficient (Wildman–Crippen LogP) is 3.70. The maximum Gasteiger partial charge on any atom is 0.257 e. The number of hydrogen-bond acceptors (Lipinski definition) is 4. The van der Waals surface area contributed by atoms with E-state index in [4.69, 9.17) is 27.9 Å². The van der Waals surface area contributed by atoms with E-state index in [9.17, 15) is 10.1 Å². The molecule has 1 aliphatic carbocycles. The smallest absolute Gasteiger partial charge is 0.257 e. The molecular weight excluding hydrogens is 375 g/mol. The Morgan fingerprint density at radius 1 is 1.58 bits per heavy atom. The van der Waals surface area contributed by atoms with Crippen molar-refractivity contribution in [1.29, 1.82) is 5.26 Å². The van der Waals surface area contributed by atoms with Gasteiger partial charge in [0.15, 0.2) is 5.75 Å². The number of halogens is 2. The summed E-state index contributed by atoms with van der Waals surface area (Å²) in [6.07, 6.45) is 5.54. The molecule has 0 bridgehead atoms. The summed E-state index contributed by atoms with van der Waals surface area (Å²) in [7, 11) is 1.76. The summed E-state index contributed by atoms with van der Waals surface area (Å²) in [5.41, 5.74) is 2.68. The van der Waals surface area contributed by atoms with Crippen molar-refractivity contribution in [3.05, 3.63) is 45.7 Å². The zero-order valence-electron chi connectivity index (χ0n) is 14.3. The predicted molar refractivity (Wildman–Crippen MR) is 98.7 cm³/mol. The minimum Gasteiger partial charge on any atom is -0.489 e. The first kappa shape index (κ1) is 18.6. The van der Waals surface area contributed by atoms with Crippen molar-refractivity contribution >= 4 is 29.1 Å². The van der Waals surface area contributed by atoms with Crippen molar-refractivity contribution in [2.24, 2.45) is 0 Å². The van der Waals surface area contributed by atoms with E-state index in [1.807, 2.05) is 0 Å². The van der Waals surface area contributed by atoms with Crippen LogP contribution in [0.15, 0.2) is 18.5 Å². The third-order valence-corrected chi connectivity index (χ3v) is 5.15. The van der Waals surface area contributed by atoms with Gasteiger partial charge in [0.2, 0.25) is 0 Å². The molecule has 26 heavy (non-hydrogen) atoms. The van der Waals surface area contributed by atoms with E-state index in [1.165, 1.54) is 6.20 Å². The van der Waals surface area contributed by atoms with E-state index in [1.54, 1.807) is 24.2 Å². The van der Waals surface area contributed by atoms with Gasteiger partial charge in [-0.3, -0.25) is 9.89 Å². The molecule has 1 N–H and O–H groups in total. The van der Waals surface area contributed by atoms with Crippen LogP contribution < -0.4 is 4.74 Å². The highest BCUT2D eigenvalue weighted by atomic mass is 35.5. The molecule has 1 aromatic heterocycles. The lowest BCUT2D eigenvalue weighted by molar-refractivity contribution is 0.0715. The number of H-pyrrole nitrogens is 1.